The molecule has 0 aromatic carbocycles. The maximum Gasteiger partial charge on any atom is -0.00130 e. The monoisotopic (exact) mass is 138 g/mol. The fourth-order valence-corrected chi connectivity index (χ4v) is 0.929. The molecule has 0 aliphatic heterocycles. The molecule has 0 rings (SSSR count). The van der Waals surface area contributed by atoms with E-state index in [9.17, 15) is 0 Å². The quantitative estimate of drug-likeness (QED) is 0.476. The Morgan fingerprint density at radius 1 is 1.38 bits per heavy atom. The molecule has 1 N–H and O–H groups in total. The third-order valence-corrected chi connectivity index (χ3v) is 4.20. The van der Waals surface area contributed by atoms with Gasteiger partial charge in [0.25, 0.3) is 0 Å². The first-order chi connectivity index (χ1) is 3.68. The molecule has 8 heavy (non-hydrogen) atoms. The Morgan fingerprint density at radius 3 is 1.75 bits per heavy atom. The Bertz CT molecular complexity index is 53.2. The van der Waals surface area contributed by atoms with E-state index in [1.54, 1.807) is 0 Å². The molecule has 0 aromatic heterocycles. The minimum Gasteiger partial charge on any atom is -0.241 e. The maximum atomic E-state index is 8.32. The molecule has 0 atom stereocenters. The van der Waals surface area contributed by atoms with Gasteiger partial charge in [0, 0.05) is 0 Å². The van der Waals surface area contributed by atoms with Crippen LogP contribution in [-0.2, 0) is 4.33 Å². The molecule has 0 aromatic rings. The van der Waals surface area contributed by atoms with Gasteiger partial charge < -0.3 is 0 Å². The molecule has 2 nitrogen and oxygen atoms in total. The van der Waals surface area contributed by atoms with Crippen LogP contribution in [0, 0.1) is 0 Å². The van der Waals surface area contributed by atoms with Crippen molar-refractivity contribution in [1.82, 2.24) is 0 Å². The van der Waals surface area contributed by atoms with E-state index in [1.165, 1.54) is 0 Å². The topological polar surface area (TPSA) is 29.5 Å². The van der Waals surface area contributed by atoms with Crippen LogP contribution in [0.3, 0.4) is 0 Å². The largest absolute Gasteiger partial charge is 0.241 e. The molecule has 0 saturated carbocycles. The fourth-order valence-electron chi connectivity index (χ4n) is 0.310. The van der Waals surface area contributed by atoms with E-state index >= 15 is 0 Å². The van der Waals surface area contributed by atoms with Crippen molar-refractivity contribution in [3.05, 3.63) is 0 Å². The van der Waals surface area contributed by atoms with Gasteiger partial charge in [-0.3, -0.25) is 0 Å². The first kappa shape index (κ1) is 8.27. The molecule has 0 aliphatic carbocycles. The SMILES string of the molecule is CCS(C)(CC)OO. The van der Waals surface area contributed by atoms with Crippen molar-refractivity contribution in [2.75, 3.05) is 17.8 Å². The Kier molecular flexibility index (Phi) is 3.44. The average Bonchev–Trinajstić information content (AvgIpc) is 1.87. The molecule has 0 aliphatic rings. The van der Waals surface area contributed by atoms with Crippen LogP contribution in [0.4, 0.5) is 0 Å². The number of rotatable bonds is 3. The van der Waals surface area contributed by atoms with Gasteiger partial charge in [0.05, 0.1) is 0 Å². The number of hydrogen-bond donors (Lipinski definition) is 1. The highest BCUT2D eigenvalue weighted by Crippen LogP contribution is 2.42. The minimum absolute atomic E-state index is 0.931. The lowest BCUT2D eigenvalue weighted by Gasteiger charge is -2.27. The second kappa shape index (κ2) is 3.33. The van der Waals surface area contributed by atoms with E-state index in [4.69, 9.17) is 5.26 Å². The molecule has 52 valence electrons. The van der Waals surface area contributed by atoms with E-state index in [1.807, 2.05) is 20.1 Å². The van der Waals surface area contributed by atoms with E-state index < -0.39 is 10.3 Å². The molecule has 0 radical (unpaired) electrons. The summed E-state index contributed by atoms with van der Waals surface area (Å²) in [5.74, 6) is 1.86. The lowest BCUT2D eigenvalue weighted by atomic mass is 11.0. The highest BCUT2D eigenvalue weighted by molar-refractivity contribution is 8.29. The van der Waals surface area contributed by atoms with Crippen molar-refractivity contribution in [2.45, 2.75) is 13.8 Å². The molecule has 0 heterocycles. The Hall–Kier alpha value is 0.270. The second-order valence-corrected chi connectivity index (χ2v) is 5.51. The molecular formula is C5H14O2S. The lowest BCUT2D eigenvalue weighted by molar-refractivity contribution is -0.123. The van der Waals surface area contributed by atoms with Gasteiger partial charge in [-0.05, 0) is 17.8 Å². The summed E-state index contributed by atoms with van der Waals surface area (Å²) in [4.78, 5) is 0. The fraction of sp³-hybridized carbons (Fsp3) is 1.00. The van der Waals surface area contributed by atoms with Gasteiger partial charge in [-0.15, -0.1) is 10.3 Å². The van der Waals surface area contributed by atoms with E-state index in [0.29, 0.717) is 0 Å². The third kappa shape index (κ3) is 2.03. The predicted molar refractivity (Wildman–Crippen MR) is 38.3 cm³/mol. The summed E-state index contributed by atoms with van der Waals surface area (Å²) in [6.45, 7) is 4.05. The highest BCUT2D eigenvalue weighted by Gasteiger charge is 2.11. The predicted octanol–water partition coefficient (Wildman–Crippen LogP) is 1.87. The Morgan fingerprint density at radius 2 is 1.75 bits per heavy atom. The smallest absolute Gasteiger partial charge is 0.00130 e. The normalized spacial score (nSPS) is 14.0. The summed E-state index contributed by atoms with van der Waals surface area (Å²) in [7, 11) is -1.10. The van der Waals surface area contributed by atoms with Crippen molar-refractivity contribution < 1.29 is 9.59 Å². The van der Waals surface area contributed by atoms with E-state index in [0.717, 1.165) is 11.5 Å². The summed E-state index contributed by atoms with van der Waals surface area (Å²) in [6.07, 6.45) is 1.97. The van der Waals surface area contributed by atoms with Gasteiger partial charge in [0.15, 0.2) is 0 Å². The lowest BCUT2D eigenvalue weighted by Crippen LogP contribution is -2.05. The molecular weight excluding hydrogens is 124 g/mol. The Balaban J connectivity index is 3.58. The molecule has 3 heteroatoms. The van der Waals surface area contributed by atoms with Crippen LogP contribution >= 0.6 is 10.3 Å². The van der Waals surface area contributed by atoms with Gasteiger partial charge >= 0.3 is 0 Å². The minimum atomic E-state index is -1.10. The van der Waals surface area contributed by atoms with E-state index in [-0.39, 0.29) is 0 Å². The zero-order valence-corrected chi connectivity index (χ0v) is 6.49. The molecule has 0 spiro atoms. The maximum absolute atomic E-state index is 8.32. The molecule has 0 bridgehead atoms. The molecule has 0 amide bonds. The van der Waals surface area contributed by atoms with Crippen molar-refractivity contribution >= 4 is 10.3 Å². The molecule has 0 unspecified atom stereocenters. The Labute approximate surface area is 52.3 Å². The van der Waals surface area contributed by atoms with Gasteiger partial charge in [-0.25, -0.2) is 5.26 Å². The van der Waals surface area contributed by atoms with Crippen LogP contribution in [0.25, 0.3) is 0 Å². The third-order valence-electron chi connectivity index (χ3n) is 1.40. The average molecular weight is 138 g/mol. The van der Waals surface area contributed by atoms with Gasteiger partial charge in [-0.1, -0.05) is 13.8 Å². The summed E-state index contributed by atoms with van der Waals surface area (Å²) >= 11 is 0. The van der Waals surface area contributed by atoms with Crippen molar-refractivity contribution in [2.24, 2.45) is 0 Å². The first-order valence-electron chi connectivity index (χ1n) is 2.75. The van der Waals surface area contributed by atoms with Crippen molar-refractivity contribution in [3.8, 4) is 0 Å². The van der Waals surface area contributed by atoms with Crippen LogP contribution in [0.15, 0.2) is 0 Å². The van der Waals surface area contributed by atoms with Crippen LogP contribution in [0.2, 0.25) is 0 Å². The molecule has 0 fully saturated rings. The van der Waals surface area contributed by atoms with Crippen molar-refractivity contribution in [1.29, 1.82) is 0 Å². The second-order valence-electron chi connectivity index (χ2n) is 1.84. The zero-order valence-electron chi connectivity index (χ0n) is 5.68. The van der Waals surface area contributed by atoms with Gasteiger partial charge in [-0.2, -0.15) is 4.33 Å². The zero-order chi connectivity index (χ0) is 6.62. The van der Waals surface area contributed by atoms with Gasteiger partial charge in [0.1, 0.15) is 0 Å². The van der Waals surface area contributed by atoms with Crippen molar-refractivity contribution in [3.63, 3.8) is 0 Å². The van der Waals surface area contributed by atoms with Gasteiger partial charge in [0.2, 0.25) is 0 Å². The number of hydrogen-bond acceptors (Lipinski definition) is 2. The summed E-state index contributed by atoms with van der Waals surface area (Å²) < 4.78 is 4.32. The van der Waals surface area contributed by atoms with Crippen LogP contribution < -0.4 is 0 Å². The molecule has 0 saturated heterocycles. The van der Waals surface area contributed by atoms with Crippen LogP contribution in [-0.4, -0.2) is 23.0 Å². The van der Waals surface area contributed by atoms with E-state index in [2.05, 4.69) is 4.33 Å². The standard InChI is InChI=1S/C5H14O2S/c1-4-8(3,5-2)7-6/h6H,4-5H2,1-3H3. The van der Waals surface area contributed by atoms with Crippen LogP contribution in [0.1, 0.15) is 13.8 Å². The van der Waals surface area contributed by atoms with Crippen LogP contribution in [0.5, 0.6) is 0 Å². The summed E-state index contributed by atoms with van der Waals surface area (Å²) in [5, 5.41) is 8.32. The highest BCUT2D eigenvalue weighted by atomic mass is 32.3. The summed E-state index contributed by atoms with van der Waals surface area (Å²) in [6, 6.07) is 0. The summed E-state index contributed by atoms with van der Waals surface area (Å²) in [5.41, 5.74) is 0. The first-order valence-corrected chi connectivity index (χ1v) is 5.05.